The fourth-order valence-corrected chi connectivity index (χ4v) is 1.39. The highest BCUT2D eigenvalue weighted by atomic mass is 19.2. The fraction of sp³-hybridized carbons (Fsp3) is 0. The van der Waals surface area contributed by atoms with Crippen molar-refractivity contribution >= 4 is 16.8 Å². The molecule has 1 heterocycles. The smallest absolute Gasteiger partial charge is 0.251 e. The first-order valence-corrected chi connectivity index (χ1v) is 4.19. The van der Waals surface area contributed by atoms with E-state index in [-0.39, 0.29) is 16.5 Å². The van der Waals surface area contributed by atoms with Gasteiger partial charge >= 0.3 is 0 Å². The molecular formula is C9H4F2N4O. The van der Waals surface area contributed by atoms with Crippen molar-refractivity contribution < 1.29 is 13.6 Å². The maximum absolute atomic E-state index is 13.0. The van der Waals surface area contributed by atoms with Crippen LogP contribution in [-0.4, -0.2) is 10.9 Å². The molecule has 7 heteroatoms. The zero-order valence-corrected chi connectivity index (χ0v) is 7.74. The van der Waals surface area contributed by atoms with Gasteiger partial charge in [0.15, 0.2) is 11.6 Å². The minimum atomic E-state index is -1.07. The summed E-state index contributed by atoms with van der Waals surface area (Å²) in [6.07, 6.45) is 1.24. The van der Waals surface area contributed by atoms with Crippen molar-refractivity contribution in [3.05, 3.63) is 46.0 Å². The van der Waals surface area contributed by atoms with Crippen LogP contribution in [0, 0.1) is 11.6 Å². The van der Waals surface area contributed by atoms with E-state index < -0.39 is 17.5 Å². The lowest BCUT2D eigenvalue weighted by Gasteiger charge is -1.95. The zero-order valence-electron chi connectivity index (χ0n) is 7.74. The number of aromatic nitrogens is 1. The zero-order chi connectivity index (χ0) is 11.7. The Bertz CT molecular complexity index is 628. The molecule has 0 atom stereocenters. The van der Waals surface area contributed by atoms with E-state index in [1.165, 1.54) is 6.20 Å². The van der Waals surface area contributed by atoms with Gasteiger partial charge in [-0.3, -0.25) is 4.79 Å². The number of azide groups is 1. The molecule has 0 spiro atoms. The maximum Gasteiger partial charge on any atom is 0.251 e. The molecule has 0 unspecified atom stereocenters. The van der Waals surface area contributed by atoms with Crippen LogP contribution < -0.4 is 0 Å². The molecule has 16 heavy (non-hydrogen) atoms. The van der Waals surface area contributed by atoms with Crippen LogP contribution in [0.5, 0.6) is 0 Å². The number of H-pyrrole nitrogens is 1. The van der Waals surface area contributed by atoms with E-state index in [9.17, 15) is 13.6 Å². The Kier molecular flexibility index (Phi) is 2.30. The number of hydrogen-bond acceptors (Lipinski definition) is 1. The van der Waals surface area contributed by atoms with Gasteiger partial charge in [-0.05, 0) is 16.7 Å². The van der Waals surface area contributed by atoms with Gasteiger partial charge in [0.25, 0.3) is 5.91 Å². The van der Waals surface area contributed by atoms with Crippen LogP contribution >= 0.6 is 0 Å². The number of amides is 1. The second kappa shape index (κ2) is 3.63. The first kappa shape index (κ1) is 10.1. The van der Waals surface area contributed by atoms with Gasteiger partial charge in [0.05, 0.1) is 0 Å². The standard InChI is InChI=1S/C9H4F2N4O/c10-6-1-4-5(9(16)14-15-12)3-13-8(4)2-7(6)11/h1-3,13H. The molecule has 1 amide bonds. The average Bonchev–Trinajstić information content (AvgIpc) is 2.62. The lowest BCUT2D eigenvalue weighted by Crippen LogP contribution is -1.91. The number of aromatic amines is 1. The summed E-state index contributed by atoms with van der Waals surface area (Å²) in [6, 6.07) is 1.80. The predicted molar refractivity (Wildman–Crippen MR) is 51.7 cm³/mol. The van der Waals surface area contributed by atoms with E-state index in [2.05, 4.69) is 15.0 Å². The molecule has 0 saturated heterocycles. The van der Waals surface area contributed by atoms with Crippen molar-refractivity contribution in [2.45, 2.75) is 0 Å². The van der Waals surface area contributed by atoms with Crippen molar-refractivity contribution in [3.8, 4) is 0 Å². The molecule has 0 aliphatic heterocycles. The third-order valence-electron chi connectivity index (χ3n) is 2.09. The van der Waals surface area contributed by atoms with Crippen LogP contribution in [-0.2, 0) is 0 Å². The van der Waals surface area contributed by atoms with Crippen LogP contribution in [0.3, 0.4) is 0 Å². The van der Waals surface area contributed by atoms with Gasteiger partial charge in [0.2, 0.25) is 0 Å². The average molecular weight is 222 g/mol. The van der Waals surface area contributed by atoms with Gasteiger partial charge in [0.1, 0.15) is 0 Å². The van der Waals surface area contributed by atoms with E-state index in [0.29, 0.717) is 0 Å². The molecule has 2 rings (SSSR count). The Morgan fingerprint density at radius 2 is 2.06 bits per heavy atom. The molecule has 0 fully saturated rings. The van der Waals surface area contributed by atoms with E-state index in [0.717, 1.165) is 12.1 Å². The summed E-state index contributed by atoms with van der Waals surface area (Å²) in [6.45, 7) is 0. The normalized spacial score (nSPS) is 10.1. The number of benzene rings is 1. The summed E-state index contributed by atoms with van der Waals surface area (Å²) in [4.78, 5) is 16.2. The third-order valence-corrected chi connectivity index (χ3v) is 2.09. The van der Waals surface area contributed by atoms with Gasteiger partial charge in [0, 0.05) is 33.6 Å². The molecule has 1 aromatic carbocycles. The minimum Gasteiger partial charge on any atom is -0.360 e. The number of carbonyl (C=O) groups excluding carboxylic acids is 1. The summed E-state index contributed by atoms with van der Waals surface area (Å²) < 4.78 is 25.8. The van der Waals surface area contributed by atoms with E-state index in [4.69, 9.17) is 5.53 Å². The van der Waals surface area contributed by atoms with E-state index in [1.807, 2.05) is 0 Å². The highest BCUT2D eigenvalue weighted by molar-refractivity contribution is 6.07. The summed E-state index contributed by atoms with van der Waals surface area (Å²) in [5.41, 5.74) is 8.37. The molecule has 1 N–H and O–H groups in total. The maximum atomic E-state index is 13.0. The number of halogens is 2. The van der Waals surface area contributed by atoms with Gasteiger partial charge in [-0.2, -0.15) is 0 Å². The number of nitrogens with zero attached hydrogens (tertiary/aromatic N) is 3. The summed E-state index contributed by atoms with van der Waals surface area (Å²) >= 11 is 0. The highest BCUT2D eigenvalue weighted by Crippen LogP contribution is 2.22. The van der Waals surface area contributed by atoms with Crippen molar-refractivity contribution in [2.75, 3.05) is 0 Å². The molecule has 0 aliphatic carbocycles. The number of nitrogens with one attached hydrogen (secondary N) is 1. The first-order valence-electron chi connectivity index (χ1n) is 4.19. The van der Waals surface area contributed by atoms with Crippen LogP contribution in [0.25, 0.3) is 21.3 Å². The van der Waals surface area contributed by atoms with Crippen LogP contribution in [0.4, 0.5) is 8.78 Å². The summed E-state index contributed by atoms with van der Waals surface area (Å²) in [5.74, 6) is -2.93. The molecule has 1 aromatic heterocycles. The Morgan fingerprint density at radius 1 is 1.38 bits per heavy atom. The van der Waals surface area contributed by atoms with Crippen molar-refractivity contribution in [3.63, 3.8) is 0 Å². The Balaban J connectivity index is 2.69. The topological polar surface area (TPSA) is 81.6 Å². The van der Waals surface area contributed by atoms with Gasteiger partial charge in [-0.15, -0.1) is 0 Å². The number of hydrogen-bond donors (Lipinski definition) is 1. The van der Waals surface area contributed by atoms with Gasteiger partial charge in [-0.1, -0.05) is 0 Å². The quantitative estimate of drug-likeness (QED) is 0.449. The SMILES string of the molecule is [N-]=[N+]=NC(=O)c1c[nH]c2cc(F)c(F)cc12. The third kappa shape index (κ3) is 1.49. The van der Waals surface area contributed by atoms with Crippen LogP contribution in [0.15, 0.2) is 23.4 Å². The number of carbonyl (C=O) groups is 1. The minimum absolute atomic E-state index is 0.00620. The molecule has 0 saturated carbocycles. The van der Waals surface area contributed by atoms with Gasteiger partial charge in [-0.25, -0.2) is 8.78 Å². The second-order valence-electron chi connectivity index (χ2n) is 3.01. The van der Waals surface area contributed by atoms with Crippen LogP contribution in [0.1, 0.15) is 10.4 Å². The molecule has 0 aliphatic rings. The molecule has 0 bridgehead atoms. The highest BCUT2D eigenvalue weighted by Gasteiger charge is 2.13. The molecular weight excluding hydrogens is 218 g/mol. The van der Waals surface area contributed by atoms with Crippen molar-refractivity contribution in [1.82, 2.24) is 4.98 Å². The van der Waals surface area contributed by atoms with E-state index in [1.54, 1.807) is 0 Å². The molecule has 80 valence electrons. The van der Waals surface area contributed by atoms with Gasteiger partial charge < -0.3 is 4.98 Å². The number of rotatable bonds is 1. The largest absolute Gasteiger partial charge is 0.360 e. The van der Waals surface area contributed by atoms with Crippen molar-refractivity contribution in [1.29, 1.82) is 0 Å². The summed E-state index contributed by atoms with van der Waals surface area (Å²) in [5, 5.41) is 3.05. The molecule has 5 nitrogen and oxygen atoms in total. The Morgan fingerprint density at radius 3 is 2.75 bits per heavy atom. The second-order valence-corrected chi connectivity index (χ2v) is 3.01. The summed E-state index contributed by atoms with van der Waals surface area (Å²) in [7, 11) is 0. The monoisotopic (exact) mass is 222 g/mol. The van der Waals surface area contributed by atoms with E-state index >= 15 is 0 Å². The predicted octanol–water partition coefficient (Wildman–Crippen LogP) is 2.90. The van der Waals surface area contributed by atoms with Crippen LogP contribution in [0.2, 0.25) is 0 Å². The first-order chi connectivity index (χ1) is 7.63. The lowest BCUT2D eigenvalue weighted by molar-refractivity contribution is 0.100. The number of fused-ring (bicyclic) bond motifs is 1. The lowest BCUT2D eigenvalue weighted by atomic mass is 10.1. The molecule has 2 aromatic rings. The molecule has 0 radical (unpaired) electrons. The Labute approximate surface area is 87.3 Å². The Hall–Kier alpha value is -2.40. The fourth-order valence-electron chi connectivity index (χ4n) is 1.39. The van der Waals surface area contributed by atoms with Crippen molar-refractivity contribution in [2.24, 2.45) is 5.11 Å².